The van der Waals surface area contributed by atoms with Crippen LogP contribution in [0.2, 0.25) is 0 Å². The summed E-state index contributed by atoms with van der Waals surface area (Å²) < 4.78 is 19.5. The maximum absolute atomic E-state index is 12.2. The number of hydrogen-bond donors (Lipinski definition) is 3. The van der Waals surface area contributed by atoms with Gasteiger partial charge in [0.1, 0.15) is 0 Å². The number of esters is 2. The van der Waals surface area contributed by atoms with E-state index < -0.39 is 17.9 Å². The quantitative estimate of drug-likeness (QED) is 0.0187. The molecule has 4 aliphatic carbocycles. The molecule has 0 bridgehead atoms. The SMILES string of the molecule is COC(=O)c1cn(CCCCc2cc3c(nn2)CC=C3)nn1.COC(=O)c1cn(CCCCc2cc3c(nn2)CC=C3I)nn1.ClI.NCc1ccccc1.O=C(NCc1ccccc1)c1cn(CCCCc2cc3c(nn2)CC=C3I)nn1.O=C(O)c1cn(CCCCc2cc3c(nn2)CC=C3I)nn1.[Li+].[OH-]. The molecule has 2 aromatic carbocycles. The molecule has 8 aromatic heterocycles. The second kappa shape index (κ2) is 46.4. The number of methoxy groups -OCH3 is 2. The number of carbonyl (C=O) groups excluding carboxylic acids is 3. The number of carboxylic acid groups (broad SMARTS) is 1. The molecule has 8 heterocycles. The zero-order valence-corrected chi connectivity index (χ0v) is 69.0. The molecule has 0 spiro atoms. The fraction of sp³-hybridized carbons (Fsp3) is 0.333. The summed E-state index contributed by atoms with van der Waals surface area (Å²) in [5.41, 5.74) is 21.5. The number of aromatic carboxylic acids is 1. The Hall–Kier alpha value is -8.11. The number of aryl methyl sites for hydroxylation is 8. The first-order valence-electron chi connectivity index (χ1n) is 34.1. The number of rotatable bonds is 27. The number of nitrogens with one attached hydrogen (secondary N) is 1. The Kier molecular flexibility index (Phi) is 37.4. The van der Waals surface area contributed by atoms with E-state index in [9.17, 15) is 19.2 Å². The normalized spacial score (nSPS) is 12.0. The van der Waals surface area contributed by atoms with Gasteiger partial charge in [-0.05, 0) is 195 Å². The van der Waals surface area contributed by atoms with Crippen LogP contribution in [0.5, 0.6) is 0 Å². The van der Waals surface area contributed by atoms with Crippen LogP contribution in [0.1, 0.15) is 172 Å². The summed E-state index contributed by atoms with van der Waals surface area (Å²) >= 11 is 8.64. The molecule has 1 amide bonds. The number of nitrogens with zero attached hydrogens (tertiary/aromatic N) is 20. The van der Waals surface area contributed by atoms with Crippen molar-refractivity contribution in [3.63, 3.8) is 0 Å². The standard InChI is InChI=1S/C21H21IN6O.C15H16IN5O2.C15H17N5O2.C14H14IN5O2.C7H9N.ClI.Li.H2O/c22-18-9-10-19-17(18)12-16(24-25-19)8-4-5-11-28-14-20(26-27-28)21(29)23-13-15-6-2-1-3-7-15;1-23-15(22)14-9-21(20-19-14)7-3-2-4-10-8-11-12(16)5-6-13(11)18-17-10;1-22-15(21)14-10-20(19-18-14)8-3-2-6-12-9-11-5-4-7-13(11)17-16-12;15-11-4-5-12-10(11)7-9(16-17-12)3-1-2-6-20-8-13(14(21)22)18-19-20;8-6-7-4-2-1-3-5-7;1-2;;/h1-3,6-7,9,12,14H,4-5,8,10-11,13H2,(H,23,29);5,8-9H,2-4,6-7H2,1H3;4-5,9-10H,2-3,6-8H2,1H3;4,7-8H,1-3,5-6H2,(H,21,22);1-5H,6,8H2;;;1H2/q;;;;;;+1;/p-1. The molecule has 14 rings (SSSR count). The number of halogens is 5. The van der Waals surface area contributed by atoms with Crippen LogP contribution in [0.4, 0.5) is 0 Å². The van der Waals surface area contributed by atoms with Gasteiger partial charge in [-0.15, -0.1) is 20.4 Å². The molecule has 5 N–H and O–H groups in total. The number of amides is 1. The summed E-state index contributed by atoms with van der Waals surface area (Å²) in [4.78, 5) is 45.5. The molecule has 0 fully saturated rings. The molecule has 0 atom stereocenters. The number of carboxylic acids is 1. The third-order valence-corrected chi connectivity index (χ3v) is 19.6. The summed E-state index contributed by atoms with van der Waals surface area (Å²) in [6.45, 7) is 3.90. The average molecular weight is 1930 g/mol. The van der Waals surface area contributed by atoms with Crippen molar-refractivity contribution in [3.8, 4) is 0 Å². The summed E-state index contributed by atoms with van der Waals surface area (Å²) in [6, 6.07) is 28.3. The van der Waals surface area contributed by atoms with E-state index in [2.05, 4.69) is 228 Å². The molecule has 0 unspecified atom stereocenters. The van der Waals surface area contributed by atoms with Gasteiger partial charge in [-0.3, -0.25) is 23.5 Å². The number of unbranched alkanes of at least 4 members (excludes halogenated alkanes) is 4. The van der Waals surface area contributed by atoms with Crippen LogP contribution in [0.25, 0.3) is 16.8 Å². The van der Waals surface area contributed by atoms with Crippen LogP contribution in [-0.2, 0) is 100 Å². The Bertz CT molecular complexity index is 4700. The first-order chi connectivity index (χ1) is 51.7. The van der Waals surface area contributed by atoms with E-state index in [1.54, 1.807) is 58.8 Å². The van der Waals surface area contributed by atoms with Crippen molar-refractivity contribution in [1.29, 1.82) is 0 Å². The van der Waals surface area contributed by atoms with E-state index in [0.29, 0.717) is 38.4 Å². The molecule has 30 nitrogen and oxygen atoms in total. The van der Waals surface area contributed by atoms with Gasteiger partial charge in [0.15, 0.2) is 22.8 Å². The van der Waals surface area contributed by atoms with Gasteiger partial charge in [-0.1, -0.05) is 112 Å². The fourth-order valence-corrected chi connectivity index (χ4v) is 13.0. The van der Waals surface area contributed by atoms with Gasteiger partial charge < -0.3 is 31.1 Å². The molecule has 4 aliphatic rings. The summed E-state index contributed by atoms with van der Waals surface area (Å²) in [5, 5.41) is 76.7. The molecule has 0 radical (unpaired) electrons. The predicted molar refractivity (Wildman–Crippen MR) is 433 cm³/mol. The number of fused-ring (bicyclic) bond motifs is 4. The van der Waals surface area contributed by atoms with Crippen molar-refractivity contribution < 1.29 is 58.1 Å². The van der Waals surface area contributed by atoms with Crippen LogP contribution in [0.3, 0.4) is 0 Å². The maximum Gasteiger partial charge on any atom is 1.00 e. The zero-order chi connectivity index (χ0) is 75.0. The smallest absolute Gasteiger partial charge is 0.870 e. The molecule has 0 saturated carbocycles. The minimum Gasteiger partial charge on any atom is -0.870 e. The topological polar surface area (TPSA) is 401 Å². The molecular formula is C72H78ClI4LiN22O8. The maximum atomic E-state index is 12.2. The van der Waals surface area contributed by atoms with E-state index in [1.807, 2.05) is 60.7 Å². The van der Waals surface area contributed by atoms with E-state index in [1.165, 1.54) is 59.0 Å². The second-order valence-electron chi connectivity index (χ2n) is 24.1. The fourth-order valence-electron chi connectivity index (χ4n) is 10.9. The molecule has 36 heteroatoms. The number of allylic oxidation sites excluding steroid dienone is 4. The van der Waals surface area contributed by atoms with Crippen molar-refractivity contribution in [2.24, 2.45) is 5.73 Å². The number of carbonyl (C=O) groups is 4. The molecular weight excluding hydrogens is 1850 g/mol. The Morgan fingerprint density at radius 2 is 0.824 bits per heavy atom. The van der Waals surface area contributed by atoms with Gasteiger partial charge in [0.2, 0.25) is 0 Å². The van der Waals surface area contributed by atoms with E-state index >= 15 is 0 Å². The van der Waals surface area contributed by atoms with E-state index in [0.717, 1.165) is 160 Å². The van der Waals surface area contributed by atoms with Gasteiger partial charge in [0, 0.05) is 114 Å². The average Bonchev–Trinajstić information content (AvgIpc) is 1.68. The molecule has 560 valence electrons. The van der Waals surface area contributed by atoms with Crippen LogP contribution in [-0.4, -0.2) is 149 Å². The predicted octanol–water partition coefficient (Wildman–Crippen LogP) is 8.68. The zero-order valence-electron chi connectivity index (χ0n) is 59.6. The van der Waals surface area contributed by atoms with Gasteiger partial charge >= 0.3 is 36.8 Å². The number of ether oxygens (including phenoxy) is 2. The van der Waals surface area contributed by atoms with Crippen LogP contribution in [0, 0.1) is 0 Å². The monoisotopic (exact) mass is 1930 g/mol. The Morgan fingerprint density at radius 1 is 0.472 bits per heavy atom. The molecule has 0 saturated heterocycles. The number of nitrogens with two attached hydrogens (primary N) is 1. The van der Waals surface area contributed by atoms with Crippen molar-refractivity contribution in [3.05, 3.63) is 236 Å². The third kappa shape index (κ3) is 27.2. The Balaban J connectivity index is 0.000000192. The van der Waals surface area contributed by atoms with Crippen molar-refractivity contribution >= 4 is 139 Å². The first kappa shape index (κ1) is 87.1. The number of hydrogen-bond acceptors (Lipinski definition) is 24. The summed E-state index contributed by atoms with van der Waals surface area (Å²) in [7, 11) is 7.27. The number of benzene rings is 2. The third-order valence-electron chi connectivity index (χ3n) is 16.6. The molecule has 0 aliphatic heterocycles. The second-order valence-corrected chi connectivity index (χ2v) is 27.6. The van der Waals surface area contributed by atoms with Crippen LogP contribution < -0.4 is 29.9 Å². The Labute approximate surface area is 694 Å². The van der Waals surface area contributed by atoms with E-state index in [-0.39, 0.29) is 47.3 Å². The van der Waals surface area contributed by atoms with Gasteiger partial charge in [-0.25, -0.2) is 14.4 Å². The van der Waals surface area contributed by atoms with Crippen LogP contribution >= 0.6 is 98.1 Å². The summed E-state index contributed by atoms with van der Waals surface area (Å²) in [6.07, 6.45) is 31.6. The minimum atomic E-state index is -1.05. The molecule has 10 aromatic rings. The van der Waals surface area contributed by atoms with Gasteiger partial charge in [-0.2, -0.15) is 40.8 Å². The first-order valence-corrected chi connectivity index (χ1v) is 40.0. The number of aromatic nitrogens is 20. The summed E-state index contributed by atoms with van der Waals surface area (Å²) in [5.74, 6) is -2.20. The van der Waals surface area contributed by atoms with Crippen molar-refractivity contribution in [2.75, 3.05) is 14.2 Å². The van der Waals surface area contributed by atoms with Crippen LogP contribution in [0.15, 0.2) is 134 Å². The van der Waals surface area contributed by atoms with Gasteiger partial charge in [0.05, 0.1) is 84.6 Å². The van der Waals surface area contributed by atoms with Crippen molar-refractivity contribution in [2.45, 2.75) is 142 Å². The molecule has 108 heavy (non-hydrogen) atoms. The van der Waals surface area contributed by atoms with E-state index in [4.69, 9.17) is 10.8 Å². The van der Waals surface area contributed by atoms with Gasteiger partial charge in [0.25, 0.3) is 5.91 Å². The largest absolute Gasteiger partial charge is 1.00 e. The minimum absolute atomic E-state index is 0. The Morgan fingerprint density at radius 3 is 1.19 bits per heavy atom. The van der Waals surface area contributed by atoms with Crippen molar-refractivity contribution in [1.82, 2.24) is 106 Å².